The second kappa shape index (κ2) is 8.75. The molecule has 1 atom stereocenters. The molecule has 0 radical (unpaired) electrons. The minimum Gasteiger partial charge on any atom is -0.376 e. The van der Waals surface area contributed by atoms with Gasteiger partial charge in [0.1, 0.15) is 17.2 Å². The third-order valence-electron chi connectivity index (χ3n) is 5.19. The van der Waals surface area contributed by atoms with Gasteiger partial charge in [-0.15, -0.1) is 0 Å². The van der Waals surface area contributed by atoms with Gasteiger partial charge in [0.05, 0.1) is 5.52 Å². The second-order valence-electron chi connectivity index (χ2n) is 7.37. The van der Waals surface area contributed by atoms with Gasteiger partial charge >= 0.3 is 0 Å². The predicted molar refractivity (Wildman–Crippen MR) is 117 cm³/mol. The van der Waals surface area contributed by atoms with E-state index in [0.29, 0.717) is 28.8 Å². The summed E-state index contributed by atoms with van der Waals surface area (Å²) in [4.78, 5) is 34.1. The molecule has 0 unspecified atom stereocenters. The number of benzene rings is 2. The predicted octanol–water partition coefficient (Wildman–Crippen LogP) is 2.70. The molecular weight excluding hydrogens is 429 g/mol. The van der Waals surface area contributed by atoms with E-state index in [1.165, 1.54) is 29.2 Å². The number of rotatable bonds is 6. The van der Waals surface area contributed by atoms with E-state index in [0.717, 1.165) is 0 Å². The summed E-state index contributed by atoms with van der Waals surface area (Å²) in [6.45, 7) is 2.22. The molecule has 2 heterocycles. The van der Waals surface area contributed by atoms with E-state index < -0.39 is 23.7 Å². The lowest BCUT2D eigenvalue weighted by atomic mass is 10.1. The van der Waals surface area contributed by atoms with Crippen LogP contribution in [0.4, 0.5) is 4.39 Å². The third-order valence-corrected chi connectivity index (χ3v) is 5.19. The van der Waals surface area contributed by atoms with Crippen LogP contribution >= 0.6 is 0 Å². The van der Waals surface area contributed by atoms with Crippen LogP contribution in [0.5, 0.6) is 0 Å². The number of fused-ring (bicyclic) bond motifs is 1. The van der Waals surface area contributed by atoms with Crippen LogP contribution in [-0.4, -0.2) is 50.5 Å². The number of aliphatic hydroxyl groups is 1. The Morgan fingerprint density at radius 3 is 2.64 bits per heavy atom. The molecular formula is C23H20FN5O4. The Hall–Kier alpha value is -4.18. The van der Waals surface area contributed by atoms with Gasteiger partial charge in [-0.3, -0.25) is 9.59 Å². The van der Waals surface area contributed by atoms with Crippen LogP contribution in [0.15, 0.2) is 53.1 Å². The van der Waals surface area contributed by atoms with Gasteiger partial charge in [0.25, 0.3) is 11.8 Å². The number of aromatic nitrogens is 3. The molecule has 0 fully saturated rings. The van der Waals surface area contributed by atoms with Gasteiger partial charge in [-0.05, 0) is 25.1 Å². The molecule has 0 aliphatic heterocycles. The minimum absolute atomic E-state index is 0.00847. The largest absolute Gasteiger partial charge is 0.376 e. The van der Waals surface area contributed by atoms with Crippen LogP contribution in [0.3, 0.4) is 0 Å². The number of carbonyl (C=O) groups excluding carboxylic acids is 2. The van der Waals surface area contributed by atoms with E-state index in [9.17, 15) is 19.1 Å². The van der Waals surface area contributed by atoms with Crippen molar-refractivity contribution >= 4 is 22.7 Å². The Morgan fingerprint density at radius 2 is 1.91 bits per heavy atom. The van der Waals surface area contributed by atoms with Crippen molar-refractivity contribution < 1.29 is 23.6 Å². The molecule has 33 heavy (non-hydrogen) atoms. The van der Waals surface area contributed by atoms with E-state index in [1.807, 2.05) is 0 Å². The van der Waals surface area contributed by atoms with Gasteiger partial charge in [0, 0.05) is 42.2 Å². The molecule has 3 N–H and O–H groups in total. The van der Waals surface area contributed by atoms with Gasteiger partial charge in [0.15, 0.2) is 17.7 Å². The van der Waals surface area contributed by atoms with Gasteiger partial charge in [0.2, 0.25) is 0 Å². The highest BCUT2D eigenvalue weighted by atomic mass is 19.1. The number of primary amides is 1. The van der Waals surface area contributed by atoms with E-state index in [2.05, 4.69) is 15.1 Å². The lowest BCUT2D eigenvalue weighted by Crippen LogP contribution is -2.31. The molecule has 10 heteroatoms. The molecule has 4 aromatic rings. The molecule has 2 aromatic carbocycles. The maximum Gasteiger partial charge on any atom is 0.268 e. The highest BCUT2D eigenvalue weighted by Gasteiger charge is 2.25. The van der Waals surface area contributed by atoms with Crippen molar-refractivity contribution in [1.82, 2.24) is 20.0 Å². The SMILES string of the molecule is CCN(C)C(=O)[C@H](O)c1cc(-c2cccc(-c3nc(C(N)=O)c4ccc(F)cc4n3)c2)no1. The van der Waals surface area contributed by atoms with Crippen LogP contribution in [0, 0.1) is 5.82 Å². The highest BCUT2D eigenvalue weighted by Crippen LogP contribution is 2.28. The fourth-order valence-corrected chi connectivity index (χ4v) is 3.28. The Morgan fingerprint density at radius 1 is 1.15 bits per heavy atom. The first-order chi connectivity index (χ1) is 15.8. The molecule has 2 aromatic heterocycles. The Balaban J connectivity index is 1.72. The highest BCUT2D eigenvalue weighted by molar-refractivity contribution is 6.04. The second-order valence-corrected chi connectivity index (χ2v) is 7.37. The Bertz CT molecular complexity index is 1370. The zero-order valence-corrected chi connectivity index (χ0v) is 17.8. The fourth-order valence-electron chi connectivity index (χ4n) is 3.28. The summed E-state index contributed by atoms with van der Waals surface area (Å²) in [5.41, 5.74) is 7.18. The van der Waals surface area contributed by atoms with Crippen LogP contribution in [0.1, 0.15) is 29.3 Å². The first kappa shape index (κ1) is 22.0. The number of likely N-dealkylation sites (N-methyl/N-ethyl adjacent to an activating group) is 1. The average Bonchev–Trinajstić information content (AvgIpc) is 3.32. The summed E-state index contributed by atoms with van der Waals surface area (Å²) >= 11 is 0. The van der Waals surface area contributed by atoms with Crippen molar-refractivity contribution in [2.75, 3.05) is 13.6 Å². The molecule has 0 saturated carbocycles. The van der Waals surface area contributed by atoms with E-state index in [1.54, 1.807) is 38.2 Å². The summed E-state index contributed by atoms with van der Waals surface area (Å²) in [5.74, 6) is -1.59. The monoisotopic (exact) mass is 449 g/mol. The first-order valence-corrected chi connectivity index (χ1v) is 10.1. The minimum atomic E-state index is -1.48. The summed E-state index contributed by atoms with van der Waals surface area (Å²) < 4.78 is 18.9. The summed E-state index contributed by atoms with van der Waals surface area (Å²) in [5, 5.41) is 14.6. The lowest BCUT2D eigenvalue weighted by molar-refractivity contribution is -0.139. The smallest absolute Gasteiger partial charge is 0.268 e. The molecule has 168 valence electrons. The lowest BCUT2D eigenvalue weighted by Gasteiger charge is -2.16. The number of aliphatic hydroxyl groups excluding tert-OH is 1. The molecule has 9 nitrogen and oxygen atoms in total. The van der Waals surface area contributed by atoms with Crippen molar-refractivity contribution in [3.63, 3.8) is 0 Å². The van der Waals surface area contributed by atoms with Gasteiger partial charge in [-0.25, -0.2) is 14.4 Å². The van der Waals surface area contributed by atoms with Crippen LogP contribution in [-0.2, 0) is 4.79 Å². The molecule has 0 aliphatic carbocycles. The zero-order chi connectivity index (χ0) is 23.7. The zero-order valence-electron chi connectivity index (χ0n) is 17.8. The number of hydrogen-bond donors (Lipinski definition) is 2. The van der Waals surface area contributed by atoms with Crippen LogP contribution < -0.4 is 5.73 Å². The molecule has 4 rings (SSSR count). The first-order valence-electron chi connectivity index (χ1n) is 10.1. The average molecular weight is 449 g/mol. The fraction of sp³-hybridized carbons (Fsp3) is 0.174. The number of nitrogens with two attached hydrogens (primary N) is 1. The maximum atomic E-state index is 13.7. The third kappa shape index (κ3) is 4.28. The van der Waals surface area contributed by atoms with Crippen molar-refractivity contribution in [2.45, 2.75) is 13.0 Å². The van der Waals surface area contributed by atoms with E-state index in [-0.39, 0.29) is 22.8 Å². The van der Waals surface area contributed by atoms with Crippen molar-refractivity contribution in [3.8, 4) is 22.6 Å². The maximum absolute atomic E-state index is 13.7. The summed E-state index contributed by atoms with van der Waals surface area (Å²) in [6, 6.07) is 12.1. The Kier molecular flexibility index (Phi) is 5.84. The number of nitrogens with zero attached hydrogens (tertiary/aromatic N) is 4. The van der Waals surface area contributed by atoms with Crippen molar-refractivity contribution in [3.05, 3.63) is 65.8 Å². The van der Waals surface area contributed by atoms with Gasteiger partial charge in [-0.2, -0.15) is 0 Å². The van der Waals surface area contributed by atoms with Crippen LogP contribution in [0.25, 0.3) is 33.5 Å². The molecule has 2 amide bonds. The number of amides is 2. The van der Waals surface area contributed by atoms with E-state index >= 15 is 0 Å². The van der Waals surface area contributed by atoms with E-state index in [4.69, 9.17) is 10.3 Å². The standard InChI is InChI=1S/C23H20FN5O4/c1-3-29(2)23(32)20(30)18-11-16(28-33-18)12-5-4-6-13(9-12)22-26-17-10-14(24)7-8-15(17)19(27-22)21(25)31/h4-11,20,30H,3H2,1-2H3,(H2,25,31)/t20-/m1/s1. The van der Waals surface area contributed by atoms with Crippen molar-refractivity contribution in [1.29, 1.82) is 0 Å². The Labute approximate surface area is 187 Å². The molecule has 0 spiro atoms. The summed E-state index contributed by atoms with van der Waals surface area (Å²) in [6.07, 6.45) is -1.48. The number of halogens is 1. The van der Waals surface area contributed by atoms with Crippen LogP contribution in [0.2, 0.25) is 0 Å². The number of hydrogen-bond acceptors (Lipinski definition) is 7. The van der Waals surface area contributed by atoms with Crippen molar-refractivity contribution in [2.24, 2.45) is 5.73 Å². The topological polar surface area (TPSA) is 135 Å². The quantitative estimate of drug-likeness (QED) is 0.462. The molecule has 0 saturated heterocycles. The summed E-state index contributed by atoms with van der Waals surface area (Å²) in [7, 11) is 1.57. The van der Waals surface area contributed by atoms with Gasteiger partial charge < -0.3 is 20.3 Å². The van der Waals surface area contributed by atoms with Gasteiger partial charge in [-0.1, -0.05) is 23.4 Å². The molecule has 0 aliphatic rings. The number of carbonyl (C=O) groups is 2. The molecule has 0 bridgehead atoms. The normalized spacial score (nSPS) is 12.0.